The molecular formula is C22H31N3O5S. The van der Waals surface area contributed by atoms with E-state index < -0.39 is 10.0 Å². The number of hydrogen-bond acceptors (Lipinski definition) is 6. The number of rotatable bonds is 11. The molecule has 0 aliphatic carbocycles. The number of anilines is 2. The standard InChI is InChI=1S/C22H31N3O5S/c1-6-29-20-13-10-18(14-21(20)30-7-2)24-22(26)15-23-17-8-11-19(12-9-17)31(27,28)25(5)16(3)4/h8-14,16,23H,6-7,15H2,1-5H3,(H,24,26). The third-order valence-corrected chi connectivity index (χ3v) is 6.59. The highest BCUT2D eigenvalue weighted by atomic mass is 32.2. The zero-order valence-corrected chi connectivity index (χ0v) is 19.5. The maximum absolute atomic E-state index is 12.5. The minimum absolute atomic E-state index is 0.0230. The van der Waals surface area contributed by atoms with Gasteiger partial charge in [0, 0.05) is 30.5 Å². The van der Waals surface area contributed by atoms with Crippen LogP contribution in [0.2, 0.25) is 0 Å². The van der Waals surface area contributed by atoms with Gasteiger partial charge < -0.3 is 20.1 Å². The summed E-state index contributed by atoms with van der Waals surface area (Å²) in [4.78, 5) is 12.5. The summed E-state index contributed by atoms with van der Waals surface area (Å²) in [6, 6.07) is 11.4. The maximum atomic E-state index is 12.5. The molecule has 0 radical (unpaired) electrons. The van der Waals surface area contributed by atoms with Gasteiger partial charge in [-0.1, -0.05) is 0 Å². The van der Waals surface area contributed by atoms with Crippen LogP contribution in [0.4, 0.5) is 11.4 Å². The Balaban J connectivity index is 1.98. The number of hydrogen-bond donors (Lipinski definition) is 2. The average molecular weight is 450 g/mol. The molecule has 0 fully saturated rings. The molecule has 2 aromatic carbocycles. The largest absolute Gasteiger partial charge is 0.490 e. The maximum Gasteiger partial charge on any atom is 0.243 e. The number of benzene rings is 2. The Bertz CT molecular complexity index is 975. The van der Waals surface area contributed by atoms with Crippen molar-refractivity contribution in [1.82, 2.24) is 4.31 Å². The van der Waals surface area contributed by atoms with Gasteiger partial charge in [0.2, 0.25) is 15.9 Å². The number of nitrogens with one attached hydrogen (secondary N) is 2. The van der Waals surface area contributed by atoms with Crippen LogP contribution in [0, 0.1) is 0 Å². The van der Waals surface area contributed by atoms with E-state index in [1.807, 2.05) is 27.7 Å². The minimum Gasteiger partial charge on any atom is -0.490 e. The van der Waals surface area contributed by atoms with E-state index in [-0.39, 0.29) is 23.4 Å². The number of sulfonamides is 1. The third kappa shape index (κ3) is 6.60. The molecule has 0 atom stereocenters. The molecule has 0 saturated heterocycles. The lowest BCUT2D eigenvalue weighted by Crippen LogP contribution is -2.33. The first kappa shape index (κ1) is 24.5. The van der Waals surface area contributed by atoms with Crippen LogP contribution in [-0.4, -0.2) is 51.5 Å². The molecule has 0 aliphatic heterocycles. The number of amides is 1. The second-order valence-electron chi connectivity index (χ2n) is 7.07. The van der Waals surface area contributed by atoms with Gasteiger partial charge in [-0.2, -0.15) is 4.31 Å². The highest BCUT2D eigenvalue weighted by Gasteiger charge is 2.22. The van der Waals surface area contributed by atoms with Crippen LogP contribution >= 0.6 is 0 Å². The summed E-state index contributed by atoms with van der Waals surface area (Å²) in [5, 5.41) is 5.79. The molecule has 2 aromatic rings. The van der Waals surface area contributed by atoms with E-state index in [0.717, 1.165) is 0 Å². The van der Waals surface area contributed by atoms with Gasteiger partial charge in [0.1, 0.15) is 0 Å². The quantitative estimate of drug-likeness (QED) is 0.544. The van der Waals surface area contributed by atoms with Crippen molar-refractivity contribution in [3.05, 3.63) is 42.5 Å². The summed E-state index contributed by atoms with van der Waals surface area (Å²) in [6.07, 6.45) is 0. The van der Waals surface area contributed by atoms with Crippen LogP contribution in [0.1, 0.15) is 27.7 Å². The summed E-state index contributed by atoms with van der Waals surface area (Å²) in [5.74, 6) is 0.944. The normalized spacial score (nSPS) is 11.5. The van der Waals surface area contributed by atoms with Gasteiger partial charge in [0.05, 0.1) is 24.7 Å². The molecule has 0 heterocycles. The Labute approximate surface area is 184 Å². The number of carbonyl (C=O) groups is 1. The van der Waals surface area contributed by atoms with Gasteiger partial charge in [0.15, 0.2) is 11.5 Å². The average Bonchev–Trinajstić information content (AvgIpc) is 2.74. The Hall–Kier alpha value is -2.78. The van der Waals surface area contributed by atoms with Crippen molar-refractivity contribution in [3.63, 3.8) is 0 Å². The van der Waals surface area contributed by atoms with Crippen molar-refractivity contribution >= 4 is 27.3 Å². The first-order valence-electron chi connectivity index (χ1n) is 10.2. The van der Waals surface area contributed by atoms with Gasteiger partial charge in [-0.3, -0.25) is 4.79 Å². The van der Waals surface area contributed by atoms with Crippen LogP contribution < -0.4 is 20.1 Å². The molecule has 2 rings (SSSR count). The smallest absolute Gasteiger partial charge is 0.243 e. The molecule has 0 saturated carbocycles. The Kier molecular flexibility index (Phi) is 8.70. The lowest BCUT2D eigenvalue weighted by atomic mass is 10.2. The van der Waals surface area contributed by atoms with E-state index >= 15 is 0 Å². The highest BCUT2D eigenvalue weighted by Crippen LogP contribution is 2.30. The van der Waals surface area contributed by atoms with E-state index in [0.29, 0.717) is 36.1 Å². The zero-order chi connectivity index (χ0) is 23.0. The molecule has 0 bridgehead atoms. The summed E-state index contributed by atoms with van der Waals surface area (Å²) in [5.41, 5.74) is 1.24. The van der Waals surface area contributed by atoms with Crippen molar-refractivity contribution in [3.8, 4) is 11.5 Å². The van der Waals surface area contributed by atoms with Crippen molar-refractivity contribution in [1.29, 1.82) is 0 Å². The highest BCUT2D eigenvalue weighted by molar-refractivity contribution is 7.89. The zero-order valence-electron chi connectivity index (χ0n) is 18.6. The third-order valence-electron chi connectivity index (χ3n) is 4.54. The van der Waals surface area contributed by atoms with Crippen molar-refractivity contribution in [2.45, 2.75) is 38.6 Å². The Morgan fingerprint density at radius 2 is 1.55 bits per heavy atom. The SMILES string of the molecule is CCOc1ccc(NC(=O)CNc2ccc(S(=O)(=O)N(C)C(C)C)cc2)cc1OCC. The van der Waals surface area contributed by atoms with Crippen molar-refractivity contribution in [2.24, 2.45) is 0 Å². The lowest BCUT2D eigenvalue weighted by Gasteiger charge is -2.21. The molecule has 31 heavy (non-hydrogen) atoms. The van der Waals surface area contributed by atoms with Gasteiger partial charge in [-0.05, 0) is 64.1 Å². The second-order valence-corrected chi connectivity index (χ2v) is 9.07. The van der Waals surface area contributed by atoms with Crippen LogP contribution in [0.15, 0.2) is 47.4 Å². The van der Waals surface area contributed by atoms with Gasteiger partial charge >= 0.3 is 0 Å². The topological polar surface area (TPSA) is 97.0 Å². The minimum atomic E-state index is -3.54. The molecule has 0 spiro atoms. The van der Waals surface area contributed by atoms with Crippen molar-refractivity contribution < 1.29 is 22.7 Å². The van der Waals surface area contributed by atoms with Crippen LogP contribution in [0.25, 0.3) is 0 Å². The van der Waals surface area contributed by atoms with Crippen LogP contribution in [0.5, 0.6) is 11.5 Å². The first-order chi connectivity index (χ1) is 14.7. The molecule has 8 nitrogen and oxygen atoms in total. The molecule has 0 unspecified atom stereocenters. The number of carbonyl (C=O) groups excluding carboxylic acids is 1. The van der Waals surface area contributed by atoms with E-state index in [2.05, 4.69) is 10.6 Å². The number of nitrogens with zero attached hydrogens (tertiary/aromatic N) is 1. The van der Waals surface area contributed by atoms with Gasteiger partial charge in [-0.25, -0.2) is 8.42 Å². The summed E-state index contributed by atoms with van der Waals surface area (Å²) in [7, 11) is -1.99. The monoisotopic (exact) mass is 449 g/mol. The Morgan fingerprint density at radius 1 is 0.968 bits per heavy atom. The summed E-state index contributed by atoms with van der Waals surface area (Å²) < 4.78 is 37.4. The molecule has 1 amide bonds. The van der Waals surface area contributed by atoms with Crippen LogP contribution in [-0.2, 0) is 14.8 Å². The second kappa shape index (κ2) is 11.0. The molecule has 9 heteroatoms. The molecule has 0 aliphatic rings. The van der Waals surface area contributed by atoms with Crippen LogP contribution in [0.3, 0.4) is 0 Å². The van der Waals surface area contributed by atoms with E-state index in [1.54, 1.807) is 37.4 Å². The van der Waals surface area contributed by atoms with Crippen molar-refractivity contribution in [2.75, 3.05) is 37.4 Å². The first-order valence-corrected chi connectivity index (χ1v) is 11.6. The molecule has 170 valence electrons. The fourth-order valence-corrected chi connectivity index (χ4v) is 4.07. The summed E-state index contributed by atoms with van der Waals surface area (Å²) >= 11 is 0. The predicted octanol–water partition coefficient (Wildman–Crippen LogP) is 3.56. The lowest BCUT2D eigenvalue weighted by molar-refractivity contribution is -0.114. The van der Waals surface area contributed by atoms with E-state index in [1.165, 1.54) is 16.4 Å². The fourth-order valence-electron chi connectivity index (χ4n) is 2.70. The fraction of sp³-hybridized carbons (Fsp3) is 0.409. The van der Waals surface area contributed by atoms with E-state index in [9.17, 15) is 13.2 Å². The summed E-state index contributed by atoms with van der Waals surface area (Å²) in [6.45, 7) is 8.42. The molecule has 2 N–H and O–H groups in total. The molecular weight excluding hydrogens is 418 g/mol. The van der Waals surface area contributed by atoms with E-state index in [4.69, 9.17) is 9.47 Å². The van der Waals surface area contributed by atoms with Gasteiger partial charge in [0.25, 0.3) is 0 Å². The Morgan fingerprint density at radius 3 is 2.13 bits per heavy atom. The molecule has 0 aromatic heterocycles. The predicted molar refractivity (Wildman–Crippen MR) is 122 cm³/mol. The van der Waals surface area contributed by atoms with Gasteiger partial charge in [-0.15, -0.1) is 0 Å². The number of ether oxygens (including phenoxy) is 2.